The molecule has 150 valence electrons. The summed E-state index contributed by atoms with van der Waals surface area (Å²) in [6, 6.07) is 0. The Morgan fingerprint density at radius 1 is 0.923 bits per heavy atom. The van der Waals surface area contributed by atoms with Gasteiger partial charge in [0, 0.05) is 19.8 Å². The van der Waals surface area contributed by atoms with Crippen LogP contribution in [0.15, 0.2) is 0 Å². The Morgan fingerprint density at radius 3 is 1.65 bits per heavy atom. The van der Waals surface area contributed by atoms with E-state index < -0.39 is 5.97 Å². The van der Waals surface area contributed by atoms with E-state index in [9.17, 15) is 4.79 Å². The minimum absolute atomic E-state index is 0. The van der Waals surface area contributed by atoms with Crippen LogP contribution >= 0.6 is 0 Å². The molecule has 0 spiro atoms. The molecular weight excluding hydrogens is 338 g/mol. The molecule has 1 aliphatic heterocycles. The molecule has 2 saturated carbocycles. The van der Waals surface area contributed by atoms with E-state index in [1.807, 2.05) is 0 Å². The normalized spacial score (nSPS) is 30.3. The number of aliphatic hydroxyl groups excluding tert-OH is 1. The fourth-order valence-corrected chi connectivity index (χ4v) is 3.53. The number of carboxylic acid groups (broad SMARTS) is 1. The first kappa shape index (κ1) is 28.7. The van der Waals surface area contributed by atoms with E-state index in [0.29, 0.717) is 12.5 Å². The van der Waals surface area contributed by atoms with Crippen molar-refractivity contribution in [3.63, 3.8) is 0 Å². The zero-order chi connectivity index (χ0) is 17.8. The summed E-state index contributed by atoms with van der Waals surface area (Å²) < 4.78 is 4.94. The predicted octanol–water partition coefficient (Wildman–Crippen LogP) is 0.432. The molecule has 0 aromatic rings. The van der Waals surface area contributed by atoms with E-state index in [0.717, 1.165) is 50.7 Å². The van der Waals surface area contributed by atoms with Crippen molar-refractivity contribution in [1.82, 2.24) is 0 Å². The molecule has 1 heterocycles. The summed E-state index contributed by atoms with van der Waals surface area (Å²) in [4.78, 5) is 10.5. The maximum atomic E-state index is 10.5. The molecule has 26 heavy (non-hydrogen) atoms. The van der Waals surface area contributed by atoms with Crippen LogP contribution in [0.1, 0.15) is 79.5 Å². The zero-order valence-electron chi connectivity index (χ0n) is 17.7. The van der Waals surface area contributed by atoms with Gasteiger partial charge in [-0.15, -0.1) is 0 Å². The number of rotatable bonds is 2. The quantitative estimate of drug-likeness (QED) is 0.682. The van der Waals surface area contributed by atoms with Crippen LogP contribution in [0.2, 0.25) is 0 Å². The molecule has 0 unspecified atom stereocenters. The summed E-state index contributed by atoms with van der Waals surface area (Å²) in [5.74, 6) is 1.63. The van der Waals surface area contributed by atoms with E-state index >= 15 is 0 Å². The minimum atomic E-state index is -0.605. The van der Waals surface area contributed by atoms with Gasteiger partial charge in [0.2, 0.25) is 0 Å². The molecule has 2 aliphatic carbocycles. The van der Waals surface area contributed by atoms with E-state index in [4.69, 9.17) is 14.9 Å². The summed E-state index contributed by atoms with van der Waals surface area (Å²) >= 11 is 0. The van der Waals surface area contributed by atoms with E-state index in [1.165, 1.54) is 38.5 Å². The third-order valence-electron chi connectivity index (χ3n) is 5.59. The van der Waals surface area contributed by atoms with Crippen molar-refractivity contribution in [2.75, 3.05) is 19.8 Å². The Labute approximate surface area is 184 Å². The molecule has 2 N–H and O–H groups in total. The van der Waals surface area contributed by atoms with Crippen molar-refractivity contribution in [3.05, 3.63) is 0 Å². The monoisotopic (exact) mass is 380 g/mol. The van der Waals surface area contributed by atoms with E-state index in [1.54, 1.807) is 0 Å². The number of ether oxygens (including phenoxy) is 1. The van der Waals surface area contributed by atoms with Crippen molar-refractivity contribution in [3.8, 4) is 0 Å². The number of aliphatic hydroxyl groups is 1. The minimum Gasteiger partial charge on any atom is -1.00 e. The summed E-state index contributed by atoms with van der Waals surface area (Å²) in [5, 5.41) is 17.4. The van der Waals surface area contributed by atoms with Crippen molar-refractivity contribution in [1.29, 1.82) is 0 Å². The molecule has 0 bridgehead atoms. The van der Waals surface area contributed by atoms with Gasteiger partial charge in [-0.05, 0) is 69.1 Å². The van der Waals surface area contributed by atoms with E-state index in [2.05, 4.69) is 13.8 Å². The summed E-state index contributed by atoms with van der Waals surface area (Å²) in [7, 11) is 0. The number of carbonyl (C=O) groups is 1. The first-order valence-corrected chi connectivity index (χ1v) is 9.94. The average Bonchev–Trinajstić information content (AvgIpc) is 3.16. The second-order valence-electron chi connectivity index (χ2n) is 7.92. The van der Waals surface area contributed by atoms with Gasteiger partial charge in [0.05, 0.1) is 5.92 Å². The van der Waals surface area contributed by atoms with Crippen LogP contribution in [0.5, 0.6) is 0 Å². The molecule has 4 nitrogen and oxygen atoms in total. The van der Waals surface area contributed by atoms with Gasteiger partial charge < -0.3 is 16.4 Å². The van der Waals surface area contributed by atoms with Crippen LogP contribution < -0.4 is 18.9 Å². The summed E-state index contributed by atoms with van der Waals surface area (Å²) in [5.41, 5.74) is 0. The molecule has 0 aromatic heterocycles. The summed E-state index contributed by atoms with van der Waals surface area (Å²) in [6.07, 6.45) is 11.7. The molecule has 3 fully saturated rings. The van der Waals surface area contributed by atoms with Crippen molar-refractivity contribution < 1.29 is 40.0 Å². The van der Waals surface area contributed by atoms with Crippen molar-refractivity contribution in [2.24, 2.45) is 23.7 Å². The van der Waals surface area contributed by atoms with Crippen LogP contribution in [-0.4, -0.2) is 53.4 Å². The van der Waals surface area contributed by atoms with Crippen LogP contribution in [0.4, 0.5) is 0 Å². The Balaban J connectivity index is -0.000000316. The van der Waals surface area contributed by atoms with Crippen LogP contribution in [0.25, 0.3) is 0 Å². The Morgan fingerprint density at radius 2 is 1.35 bits per heavy atom. The molecule has 0 aromatic carbocycles. The number of carboxylic acids is 1. The second-order valence-corrected chi connectivity index (χ2v) is 7.92. The van der Waals surface area contributed by atoms with Gasteiger partial charge in [-0.25, -0.2) is 0 Å². The summed E-state index contributed by atoms with van der Waals surface area (Å²) in [6.45, 7) is 6.90. The van der Waals surface area contributed by atoms with Gasteiger partial charge in [-0.3, -0.25) is 4.79 Å². The Kier molecular flexibility index (Phi) is 19.5. The van der Waals surface area contributed by atoms with Gasteiger partial charge in [0.1, 0.15) is 0 Å². The van der Waals surface area contributed by atoms with Crippen LogP contribution in [-0.2, 0) is 9.53 Å². The van der Waals surface area contributed by atoms with E-state index in [-0.39, 0.29) is 43.6 Å². The SMILES string of the molecule is C1CCOC1.CC1CCC(C(=O)O)CC1.CC1CCC(CO)CC1.[AlH3].[H-].[Li+]. The smallest absolute Gasteiger partial charge is 1.00 e. The van der Waals surface area contributed by atoms with Crippen molar-refractivity contribution in [2.45, 2.75) is 78.1 Å². The topological polar surface area (TPSA) is 66.8 Å². The predicted molar refractivity (Wildman–Crippen MR) is 108 cm³/mol. The number of aliphatic carboxylic acids is 1. The molecule has 0 amide bonds. The largest absolute Gasteiger partial charge is 1.00 e. The van der Waals surface area contributed by atoms with Gasteiger partial charge in [-0.1, -0.05) is 26.7 Å². The maximum absolute atomic E-state index is 10.5. The molecule has 0 radical (unpaired) electrons. The van der Waals surface area contributed by atoms with Gasteiger partial charge in [-0.2, -0.15) is 0 Å². The molecule has 0 atom stereocenters. The fourth-order valence-electron chi connectivity index (χ4n) is 3.53. The molecular formula is C20H42AlLiO4. The maximum Gasteiger partial charge on any atom is 1.00 e. The molecule has 6 heteroatoms. The third kappa shape index (κ3) is 13.7. The Bertz CT molecular complexity index is 322. The van der Waals surface area contributed by atoms with Gasteiger partial charge in [0.25, 0.3) is 0 Å². The number of hydrogen-bond donors (Lipinski definition) is 2. The average molecular weight is 380 g/mol. The van der Waals surface area contributed by atoms with Crippen LogP contribution in [0.3, 0.4) is 0 Å². The molecule has 3 aliphatic rings. The first-order chi connectivity index (χ1) is 11.5. The number of hydrogen-bond acceptors (Lipinski definition) is 3. The Hall–Kier alpha value is 0.520. The molecule has 1 saturated heterocycles. The standard InChI is InChI=1S/C8H14O2.C8H16O.C4H8O.Al.Li.4H/c1-6-2-4-7(5-3-6)8(9)10;1-7-2-4-8(6-9)5-3-7;1-2-4-5-3-1;;;;;;/h6-7H,2-5H2,1H3,(H,9,10);7-9H,2-6H2,1H3;1-4H2;;;;;;/q;;;;+1;;;;-1. The second kappa shape index (κ2) is 17.6. The molecule has 3 rings (SSSR count). The van der Waals surface area contributed by atoms with Gasteiger partial charge >= 0.3 is 24.8 Å². The third-order valence-corrected chi connectivity index (χ3v) is 5.59. The van der Waals surface area contributed by atoms with Crippen LogP contribution in [0, 0.1) is 23.7 Å². The fraction of sp³-hybridized carbons (Fsp3) is 0.950. The zero-order valence-corrected chi connectivity index (χ0v) is 16.7. The van der Waals surface area contributed by atoms with Gasteiger partial charge in [0.15, 0.2) is 17.4 Å². The first-order valence-electron chi connectivity index (χ1n) is 9.94. The van der Waals surface area contributed by atoms with Crippen molar-refractivity contribution >= 4 is 23.3 Å².